The molecule has 2 aromatic carbocycles. The number of hydrogen-bond acceptors (Lipinski definition) is 6. The molecule has 2 rings (SSSR count). The first-order valence-corrected chi connectivity index (χ1v) is 9.54. The Morgan fingerprint density at radius 3 is 2.25 bits per heavy atom. The second kappa shape index (κ2) is 10.7. The zero-order valence-electron chi connectivity index (χ0n) is 15.9. The Labute approximate surface area is 177 Å². The average molecular weight is 499 g/mol. The molecule has 0 atom stereocenters. The van der Waals surface area contributed by atoms with Crippen LogP contribution in [-0.2, 0) is 20.7 Å². The molecular weight excluding hydrogens is 477 g/mol. The number of amides is 1. The number of methoxy groups -OCH3 is 3. The third-order valence-corrected chi connectivity index (χ3v) is 4.49. The first-order chi connectivity index (χ1) is 13.5. The topological polar surface area (TPSA) is 83.1 Å². The summed E-state index contributed by atoms with van der Waals surface area (Å²) >= 11 is 2.15. The van der Waals surface area contributed by atoms with Crippen molar-refractivity contribution in [2.75, 3.05) is 33.3 Å². The smallest absolute Gasteiger partial charge is 0.306 e. The monoisotopic (exact) mass is 499 g/mol. The summed E-state index contributed by atoms with van der Waals surface area (Å²) in [4.78, 5) is 23.9. The lowest BCUT2D eigenvalue weighted by atomic mass is 10.1. The maximum Gasteiger partial charge on any atom is 0.306 e. The fraction of sp³-hybridized carbons (Fsp3) is 0.300. The molecule has 7 nitrogen and oxygen atoms in total. The lowest BCUT2D eigenvalue weighted by Gasteiger charge is -2.14. The van der Waals surface area contributed by atoms with E-state index >= 15 is 0 Å². The van der Waals surface area contributed by atoms with Gasteiger partial charge in [-0.2, -0.15) is 0 Å². The van der Waals surface area contributed by atoms with Crippen LogP contribution in [0.1, 0.15) is 12.0 Å². The number of benzene rings is 2. The van der Waals surface area contributed by atoms with Gasteiger partial charge in [-0.05, 0) is 64.9 Å². The van der Waals surface area contributed by atoms with Crippen molar-refractivity contribution in [2.45, 2.75) is 12.8 Å². The van der Waals surface area contributed by atoms with Crippen LogP contribution in [0.4, 0.5) is 5.69 Å². The highest BCUT2D eigenvalue weighted by atomic mass is 127. The molecule has 8 heteroatoms. The molecule has 0 saturated heterocycles. The van der Waals surface area contributed by atoms with Gasteiger partial charge < -0.3 is 24.3 Å². The van der Waals surface area contributed by atoms with Crippen LogP contribution < -0.4 is 19.5 Å². The molecule has 0 aromatic heterocycles. The van der Waals surface area contributed by atoms with E-state index in [1.54, 1.807) is 18.2 Å². The largest absolute Gasteiger partial charge is 0.493 e. The molecule has 0 spiro atoms. The Bertz CT molecular complexity index is 814. The van der Waals surface area contributed by atoms with E-state index in [-0.39, 0.29) is 18.9 Å². The zero-order valence-corrected chi connectivity index (χ0v) is 18.1. The molecule has 0 aliphatic carbocycles. The zero-order chi connectivity index (χ0) is 20.5. The van der Waals surface area contributed by atoms with Crippen LogP contribution in [-0.4, -0.2) is 39.8 Å². The van der Waals surface area contributed by atoms with Gasteiger partial charge in [0.05, 0.1) is 21.3 Å². The fourth-order valence-electron chi connectivity index (χ4n) is 2.51. The van der Waals surface area contributed by atoms with Crippen molar-refractivity contribution >= 4 is 40.2 Å². The lowest BCUT2D eigenvalue weighted by Crippen LogP contribution is -2.21. The average Bonchev–Trinajstić information content (AvgIpc) is 2.69. The molecule has 1 N–H and O–H groups in total. The van der Waals surface area contributed by atoms with Gasteiger partial charge in [0, 0.05) is 15.7 Å². The molecule has 1 amide bonds. The standard InChI is InChI=1S/C20H22INO6/c1-25-16-9-13(10-17(26-2)20(16)27-3)7-8-19(24)28-12-18(23)22-15-6-4-5-14(21)11-15/h4-6,9-11H,7-8,12H2,1-3H3,(H,22,23). The summed E-state index contributed by atoms with van der Waals surface area (Å²) in [5, 5.41) is 2.69. The summed E-state index contributed by atoms with van der Waals surface area (Å²) in [7, 11) is 4.59. The minimum Gasteiger partial charge on any atom is -0.493 e. The maximum atomic E-state index is 12.0. The molecule has 0 aliphatic heterocycles. The van der Waals surface area contributed by atoms with E-state index in [0.29, 0.717) is 29.4 Å². The molecule has 0 bridgehead atoms. The van der Waals surface area contributed by atoms with E-state index in [9.17, 15) is 9.59 Å². The Morgan fingerprint density at radius 1 is 1.00 bits per heavy atom. The second-order valence-electron chi connectivity index (χ2n) is 5.75. The number of nitrogens with one attached hydrogen (secondary N) is 1. The van der Waals surface area contributed by atoms with E-state index in [0.717, 1.165) is 9.13 Å². The fourth-order valence-corrected chi connectivity index (χ4v) is 3.05. The van der Waals surface area contributed by atoms with Gasteiger partial charge in [0.1, 0.15) is 0 Å². The highest BCUT2D eigenvalue weighted by Gasteiger charge is 2.14. The molecule has 150 valence electrons. The number of carbonyl (C=O) groups excluding carboxylic acids is 2. The van der Waals surface area contributed by atoms with Crippen LogP contribution in [0.5, 0.6) is 17.2 Å². The molecule has 0 saturated carbocycles. The number of hydrogen-bond donors (Lipinski definition) is 1. The maximum absolute atomic E-state index is 12.0. The van der Waals surface area contributed by atoms with Crippen molar-refractivity contribution in [3.05, 3.63) is 45.5 Å². The highest BCUT2D eigenvalue weighted by Crippen LogP contribution is 2.38. The molecule has 0 radical (unpaired) electrons. The summed E-state index contributed by atoms with van der Waals surface area (Å²) in [6.45, 7) is -0.334. The van der Waals surface area contributed by atoms with Crippen LogP contribution in [0, 0.1) is 3.57 Å². The van der Waals surface area contributed by atoms with Crippen molar-refractivity contribution in [2.24, 2.45) is 0 Å². The summed E-state index contributed by atoms with van der Waals surface area (Å²) in [6.07, 6.45) is 0.531. The summed E-state index contributed by atoms with van der Waals surface area (Å²) in [5.41, 5.74) is 1.49. The molecule has 28 heavy (non-hydrogen) atoms. The predicted octanol–water partition coefficient (Wildman–Crippen LogP) is 3.43. The third-order valence-electron chi connectivity index (χ3n) is 3.81. The quantitative estimate of drug-likeness (QED) is 0.421. The molecule has 2 aromatic rings. The van der Waals surface area contributed by atoms with E-state index < -0.39 is 5.97 Å². The molecule has 0 aliphatic rings. The molecule has 0 heterocycles. The van der Waals surface area contributed by atoms with Gasteiger partial charge in [0.15, 0.2) is 18.1 Å². The van der Waals surface area contributed by atoms with Gasteiger partial charge in [0.25, 0.3) is 5.91 Å². The van der Waals surface area contributed by atoms with Gasteiger partial charge in [0.2, 0.25) is 5.75 Å². The Morgan fingerprint density at radius 2 is 1.68 bits per heavy atom. The normalized spacial score (nSPS) is 10.1. The van der Waals surface area contributed by atoms with E-state index in [1.165, 1.54) is 21.3 Å². The van der Waals surface area contributed by atoms with Crippen LogP contribution in [0.25, 0.3) is 0 Å². The van der Waals surface area contributed by atoms with Crippen molar-refractivity contribution in [1.29, 1.82) is 0 Å². The Kier molecular flexibility index (Phi) is 8.37. The second-order valence-corrected chi connectivity index (χ2v) is 7.00. The lowest BCUT2D eigenvalue weighted by molar-refractivity contribution is -0.147. The molecule has 0 fully saturated rings. The SMILES string of the molecule is COc1cc(CCC(=O)OCC(=O)Nc2cccc(I)c2)cc(OC)c1OC. The third kappa shape index (κ3) is 6.29. The highest BCUT2D eigenvalue weighted by molar-refractivity contribution is 14.1. The first-order valence-electron chi connectivity index (χ1n) is 8.46. The number of aryl methyl sites for hydroxylation is 1. The van der Waals surface area contributed by atoms with Crippen LogP contribution >= 0.6 is 22.6 Å². The van der Waals surface area contributed by atoms with Crippen molar-refractivity contribution in [3.8, 4) is 17.2 Å². The number of esters is 1. The predicted molar refractivity (Wildman–Crippen MR) is 113 cm³/mol. The number of rotatable bonds is 9. The van der Waals surface area contributed by atoms with Crippen molar-refractivity contribution < 1.29 is 28.5 Å². The van der Waals surface area contributed by atoms with E-state index in [4.69, 9.17) is 18.9 Å². The Balaban J connectivity index is 1.86. The van der Waals surface area contributed by atoms with Crippen molar-refractivity contribution in [1.82, 2.24) is 0 Å². The number of ether oxygens (including phenoxy) is 4. The summed E-state index contributed by atoms with van der Waals surface area (Å²) < 4.78 is 21.9. The summed E-state index contributed by atoms with van der Waals surface area (Å²) in [6, 6.07) is 10.9. The minimum atomic E-state index is -0.466. The van der Waals surface area contributed by atoms with Gasteiger partial charge in [-0.25, -0.2) is 0 Å². The van der Waals surface area contributed by atoms with Gasteiger partial charge in [-0.1, -0.05) is 6.07 Å². The van der Waals surface area contributed by atoms with Gasteiger partial charge in [-0.3, -0.25) is 9.59 Å². The van der Waals surface area contributed by atoms with E-state index in [1.807, 2.05) is 18.2 Å². The minimum absolute atomic E-state index is 0.120. The summed E-state index contributed by atoms with van der Waals surface area (Å²) in [5.74, 6) is 0.669. The number of anilines is 1. The molecule has 0 unspecified atom stereocenters. The van der Waals surface area contributed by atoms with Crippen LogP contribution in [0.15, 0.2) is 36.4 Å². The van der Waals surface area contributed by atoms with Gasteiger partial charge >= 0.3 is 5.97 Å². The van der Waals surface area contributed by atoms with Crippen LogP contribution in [0.3, 0.4) is 0 Å². The van der Waals surface area contributed by atoms with E-state index in [2.05, 4.69) is 27.9 Å². The van der Waals surface area contributed by atoms with Gasteiger partial charge in [-0.15, -0.1) is 0 Å². The Hall–Kier alpha value is -2.49. The molecular formula is C20H22INO6. The first kappa shape index (κ1) is 21.8. The number of carbonyl (C=O) groups is 2. The van der Waals surface area contributed by atoms with Crippen molar-refractivity contribution in [3.63, 3.8) is 0 Å². The number of halogens is 1. The van der Waals surface area contributed by atoms with Crippen LogP contribution in [0.2, 0.25) is 0 Å².